The lowest BCUT2D eigenvalue weighted by Gasteiger charge is -2.19. The molecule has 1 saturated heterocycles. The van der Waals surface area contributed by atoms with Crippen LogP contribution >= 0.6 is 12.4 Å². The summed E-state index contributed by atoms with van der Waals surface area (Å²) in [7, 11) is 1.88. The van der Waals surface area contributed by atoms with E-state index in [1.165, 1.54) is 0 Å². The van der Waals surface area contributed by atoms with Gasteiger partial charge in [-0.2, -0.15) is 0 Å². The average Bonchev–Trinajstić information content (AvgIpc) is 2.94. The number of amides is 2. The van der Waals surface area contributed by atoms with E-state index in [9.17, 15) is 9.59 Å². The van der Waals surface area contributed by atoms with Crippen LogP contribution < -0.4 is 15.5 Å². The third kappa shape index (κ3) is 5.52. The Morgan fingerprint density at radius 2 is 2.17 bits per heavy atom. The molecular weight excluding hydrogens is 314 g/mol. The molecule has 0 aromatic heterocycles. The molecule has 5 nitrogen and oxygen atoms in total. The lowest BCUT2D eigenvalue weighted by Crippen LogP contribution is -2.28. The third-order valence-electron chi connectivity index (χ3n) is 3.96. The molecule has 1 unspecified atom stereocenters. The Balaban J connectivity index is 0.00000264. The van der Waals surface area contributed by atoms with Crippen LogP contribution in [0.2, 0.25) is 0 Å². The van der Waals surface area contributed by atoms with Crippen LogP contribution in [0.3, 0.4) is 0 Å². The molecule has 1 fully saturated rings. The van der Waals surface area contributed by atoms with Crippen molar-refractivity contribution in [1.82, 2.24) is 10.6 Å². The van der Waals surface area contributed by atoms with E-state index >= 15 is 0 Å². The molecule has 0 saturated carbocycles. The average molecular weight is 340 g/mol. The first-order valence-corrected chi connectivity index (χ1v) is 7.96. The molecule has 1 aliphatic heterocycles. The molecule has 6 heteroatoms. The van der Waals surface area contributed by atoms with Crippen LogP contribution in [0.4, 0.5) is 5.69 Å². The molecular formula is C17H26ClN3O2. The smallest absolute Gasteiger partial charge is 0.227 e. The van der Waals surface area contributed by atoms with Gasteiger partial charge in [-0.15, -0.1) is 12.4 Å². The Morgan fingerprint density at radius 1 is 1.39 bits per heavy atom. The number of hydrogen-bond acceptors (Lipinski definition) is 3. The van der Waals surface area contributed by atoms with Gasteiger partial charge < -0.3 is 15.5 Å². The lowest BCUT2D eigenvalue weighted by molar-refractivity contribution is -0.122. The first-order valence-electron chi connectivity index (χ1n) is 7.96. The Kier molecular flexibility index (Phi) is 8.06. The van der Waals surface area contributed by atoms with Gasteiger partial charge in [0.1, 0.15) is 0 Å². The predicted octanol–water partition coefficient (Wildman–Crippen LogP) is 2.41. The van der Waals surface area contributed by atoms with Gasteiger partial charge in [0, 0.05) is 25.1 Å². The van der Waals surface area contributed by atoms with E-state index in [1.807, 2.05) is 43.1 Å². The maximum atomic E-state index is 11.9. The van der Waals surface area contributed by atoms with Crippen molar-refractivity contribution in [3.05, 3.63) is 29.8 Å². The summed E-state index contributed by atoms with van der Waals surface area (Å²) in [5.41, 5.74) is 1.95. The van der Waals surface area contributed by atoms with Crippen molar-refractivity contribution in [2.24, 2.45) is 0 Å². The number of halogens is 1. The highest BCUT2D eigenvalue weighted by Crippen LogP contribution is 2.24. The molecule has 0 bridgehead atoms. The van der Waals surface area contributed by atoms with Crippen molar-refractivity contribution in [3.63, 3.8) is 0 Å². The highest BCUT2D eigenvalue weighted by Gasteiger charge is 2.22. The molecule has 2 rings (SSSR count). The Bertz CT molecular complexity index is 536. The minimum absolute atomic E-state index is 0. The lowest BCUT2D eigenvalue weighted by atomic mass is 10.1. The normalized spacial score (nSPS) is 15.2. The second-order valence-electron chi connectivity index (χ2n) is 5.74. The van der Waals surface area contributed by atoms with E-state index in [0.29, 0.717) is 12.8 Å². The molecule has 1 aromatic rings. The second kappa shape index (κ2) is 9.53. The number of carbonyl (C=O) groups is 2. The summed E-state index contributed by atoms with van der Waals surface area (Å²) in [5.74, 6) is 0.242. The molecule has 128 valence electrons. The topological polar surface area (TPSA) is 61.4 Å². The molecule has 1 aromatic carbocycles. The number of nitrogens with zero attached hydrogens (tertiary/aromatic N) is 1. The van der Waals surface area contributed by atoms with E-state index in [-0.39, 0.29) is 30.3 Å². The fourth-order valence-electron chi connectivity index (χ4n) is 2.71. The van der Waals surface area contributed by atoms with Crippen molar-refractivity contribution in [1.29, 1.82) is 0 Å². The van der Waals surface area contributed by atoms with E-state index in [0.717, 1.165) is 37.2 Å². The Labute approximate surface area is 144 Å². The summed E-state index contributed by atoms with van der Waals surface area (Å²) in [5, 5.41) is 6.05. The monoisotopic (exact) mass is 339 g/mol. The van der Waals surface area contributed by atoms with Crippen LogP contribution in [-0.4, -0.2) is 32.0 Å². The minimum atomic E-state index is -0.0558. The fourth-order valence-corrected chi connectivity index (χ4v) is 2.71. The Hall–Kier alpha value is -1.59. The summed E-state index contributed by atoms with van der Waals surface area (Å²) in [6.45, 7) is 3.60. The van der Waals surface area contributed by atoms with Crippen LogP contribution in [0, 0.1) is 0 Å². The van der Waals surface area contributed by atoms with Gasteiger partial charge in [0.25, 0.3) is 0 Å². The maximum Gasteiger partial charge on any atom is 0.227 e. The van der Waals surface area contributed by atoms with E-state index in [4.69, 9.17) is 0 Å². The van der Waals surface area contributed by atoms with Crippen LogP contribution in [0.5, 0.6) is 0 Å². The molecule has 0 aliphatic carbocycles. The zero-order valence-electron chi connectivity index (χ0n) is 13.8. The van der Waals surface area contributed by atoms with E-state index in [2.05, 4.69) is 10.6 Å². The van der Waals surface area contributed by atoms with Crippen molar-refractivity contribution in [2.75, 3.05) is 25.0 Å². The number of rotatable bonds is 7. The summed E-state index contributed by atoms with van der Waals surface area (Å²) < 4.78 is 0. The van der Waals surface area contributed by atoms with Crippen LogP contribution in [0.15, 0.2) is 24.3 Å². The van der Waals surface area contributed by atoms with Gasteiger partial charge in [-0.25, -0.2) is 0 Å². The van der Waals surface area contributed by atoms with Gasteiger partial charge in [0.2, 0.25) is 11.8 Å². The predicted molar refractivity (Wildman–Crippen MR) is 95.0 cm³/mol. The van der Waals surface area contributed by atoms with Crippen LogP contribution in [0.1, 0.15) is 44.2 Å². The first-order chi connectivity index (χ1) is 10.6. The van der Waals surface area contributed by atoms with Gasteiger partial charge >= 0.3 is 0 Å². The number of nitrogens with one attached hydrogen (secondary N) is 2. The molecule has 0 radical (unpaired) electrons. The van der Waals surface area contributed by atoms with Crippen molar-refractivity contribution < 1.29 is 9.59 Å². The van der Waals surface area contributed by atoms with Crippen molar-refractivity contribution in [3.8, 4) is 0 Å². The van der Waals surface area contributed by atoms with Gasteiger partial charge in [-0.05, 0) is 51.1 Å². The Morgan fingerprint density at radius 3 is 2.83 bits per heavy atom. The van der Waals surface area contributed by atoms with Gasteiger partial charge in [-0.3, -0.25) is 9.59 Å². The van der Waals surface area contributed by atoms with Crippen LogP contribution in [0.25, 0.3) is 0 Å². The zero-order valence-corrected chi connectivity index (χ0v) is 14.6. The molecule has 23 heavy (non-hydrogen) atoms. The first kappa shape index (κ1) is 19.5. The van der Waals surface area contributed by atoms with Crippen LogP contribution in [-0.2, 0) is 9.59 Å². The quantitative estimate of drug-likeness (QED) is 0.750. The number of hydrogen-bond donors (Lipinski definition) is 2. The standard InChI is InChI=1S/C17H25N3O2.ClH/c1-13(19-16(21)8-4-10-18-2)14-6-3-7-15(12-14)20-11-5-9-17(20)22;/h3,6-7,12-13,18H,4-5,8-11H2,1-2H3,(H,19,21);1H. The van der Waals surface area contributed by atoms with Gasteiger partial charge in [0.15, 0.2) is 0 Å². The number of anilines is 1. The highest BCUT2D eigenvalue weighted by atomic mass is 35.5. The molecule has 0 spiro atoms. The molecule has 1 heterocycles. The van der Waals surface area contributed by atoms with Gasteiger partial charge in [-0.1, -0.05) is 12.1 Å². The van der Waals surface area contributed by atoms with Crippen molar-refractivity contribution >= 4 is 29.9 Å². The third-order valence-corrected chi connectivity index (χ3v) is 3.96. The zero-order chi connectivity index (χ0) is 15.9. The van der Waals surface area contributed by atoms with Gasteiger partial charge in [0.05, 0.1) is 6.04 Å². The van der Waals surface area contributed by atoms with Crippen molar-refractivity contribution in [2.45, 2.75) is 38.6 Å². The highest BCUT2D eigenvalue weighted by molar-refractivity contribution is 5.95. The summed E-state index contributed by atoms with van der Waals surface area (Å²) >= 11 is 0. The summed E-state index contributed by atoms with van der Waals surface area (Å²) in [6, 6.07) is 7.83. The molecule has 1 aliphatic rings. The SMILES string of the molecule is CNCCCC(=O)NC(C)c1cccc(N2CCCC2=O)c1.Cl. The number of carbonyl (C=O) groups excluding carboxylic acids is 2. The van der Waals surface area contributed by atoms with E-state index in [1.54, 1.807) is 0 Å². The number of benzene rings is 1. The summed E-state index contributed by atoms with van der Waals surface area (Å²) in [4.78, 5) is 25.5. The molecule has 2 amide bonds. The minimum Gasteiger partial charge on any atom is -0.350 e. The second-order valence-corrected chi connectivity index (χ2v) is 5.74. The summed E-state index contributed by atoms with van der Waals surface area (Å²) in [6.07, 6.45) is 2.90. The maximum absolute atomic E-state index is 11.9. The molecule has 2 N–H and O–H groups in total. The molecule has 1 atom stereocenters. The largest absolute Gasteiger partial charge is 0.350 e. The fraction of sp³-hybridized carbons (Fsp3) is 0.529. The van der Waals surface area contributed by atoms with E-state index < -0.39 is 0 Å².